The highest BCUT2D eigenvalue weighted by atomic mass is 32.1. The van der Waals surface area contributed by atoms with Crippen molar-refractivity contribution in [2.75, 3.05) is 14.2 Å². The van der Waals surface area contributed by atoms with E-state index in [2.05, 4.69) is 17.2 Å². The lowest BCUT2D eigenvalue weighted by Gasteiger charge is -2.19. The molecule has 10 heteroatoms. The summed E-state index contributed by atoms with van der Waals surface area (Å²) in [5, 5.41) is 6.42. The molecule has 1 atom stereocenters. The highest BCUT2D eigenvalue weighted by Crippen LogP contribution is 2.48. The number of halogens is 3. The molecule has 1 fully saturated rings. The van der Waals surface area contributed by atoms with Crippen molar-refractivity contribution < 1.29 is 32.2 Å². The summed E-state index contributed by atoms with van der Waals surface area (Å²) < 4.78 is 49.6. The summed E-state index contributed by atoms with van der Waals surface area (Å²) in [4.78, 5) is 25.4. The van der Waals surface area contributed by atoms with Crippen LogP contribution in [0.2, 0.25) is 0 Å². The number of hydrogen-bond acceptors (Lipinski definition) is 5. The fourth-order valence-electron chi connectivity index (χ4n) is 2.99. The topological polar surface area (TPSA) is 76.7 Å². The van der Waals surface area contributed by atoms with Crippen molar-refractivity contribution >= 4 is 23.2 Å². The summed E-state index contributed by atoms with van der Waals surface area (Å²) in [6.07, 6.45) is -4.89. The average molecular weight is 466 g/mol. The quantitative estimate of drug-likeness (QED) is 0.614. The number of rotatable bonds is 7. The summed E-state index contributed by atoms with van der Waals surface area (Å²) in [6.45, 7) is 0.124. The Hall–Kier alpha value is -3.19. The molecule has 0 radical (unpaired) electrons. The van der Waals surface area contributed by atoms with Crippen LogP contribution < -0.4 is 20.1 Å². The number of benzene rings is 1. The number of nitrogens with one attached hydrogen (secondary N) is 2. The molecule has 1 saturated carbocycles. The van der Waals surface area contributed by atoms with E-state index in [4.69, 9.17) is 9.47 Å². The van der Waals surface area contributed by atoms with E-state index in [0.29, 0.717) is 21.9 Å². The maximum Gasteiger partial charge on any atom is 0.411 e. The van der Waals surface area contributed by atoms with Crippen LogP contribution in [0.5, 0.6) is 11.5 Å². The standard InChI is InChI=1S/C22H21F3N2O4S/c1-30-15-6-5-14(17(12-15)31-2)13-26-20(29)16(18-4-3-11-32-18)7-8-19(28)27-21(9-10-21)22(23,24)25/h3-6,11-12,16H,9-10,13H2,1-2H3,(H,26,29)(H,27,28). The van der Waals surface area contributed by atoms with Gasteiger partial charge < -0.3 is 20.1 Å². The molecule has 32 heavy (non-hydrogen) atoms. The SMILES string of the molecule is COc1ccc(CNC(=O)C(C#CC(=O)NC2(C(F)(F)F)CC2)c2cccs2)c(OC)c1. The van der Waals surface area contributed by atoms with Crippen LogP contribution in [0.1, 0.15) is 29.2 Å². The van der Waals surface area contributed by atoms with E-state index in [9.17, 15) is 22.8 Å². The Labute approximate surface area is 187 Å². The van der Waals surface area contributed by atoms with Crippen molar-refractivity contribution in [2.45, 2.75) is 37.0 Å². The third-order valence-corrected chi connectivity index (χ3v) is 5.95. The molecule has 6 nitrogen and oxygen atoms in total. The molecular weight excluding hydrogens is 445 g/mol. The highest BCUT2D eigenvalue weighted by Gasteiger charge is 2.64. The minimum absolute atomic E-state index is 0.124. The molecule has 1 heterocycles. The smallest absolute Gasteiger partial charge is 0.411 e. The fourth-order valence-corrected chi connectivity index (χ4v) is 3.77. The van der Waals surface area contributed by atoms with E-state index in [1.807, 2.05) is 5.32 Å². The van der Waals surface area contributed by atoms with Crippen LogP contribution >= 0.6 is 11.3 Å². The number of carbonyl (C=O) groups excluding carboxylic acids is 2. The predicted molar refractivity (Wildman–Crippen MR) is 112 cm³/mol. The number of thiophene rings is 1. The molecule has 3 rings (SSSR count). The van der Waals surface area contributed by atoms with Gasteiger partial charge in [0.1, 0.15) is 23.0 Å². The minimum Gasteiger partial charge on any atom is -0.497 e. The maximum atomic E-state index is 13.0. The van der Waals surface area contributed by atoms with E-state index in [-0.39, 0.29) is 19.4 Å². The summed E-state index contributed by atoms with van der Waals surface area (Å²) in [6, 6.07) is 8.53. The Balaban J connectivity index is 1.71. The van der Waals surface area contributed by atoms with Gasteiger partial charge >= 0.3 is 6.18 Å². The lowest BCUT2D eigenvalue weighted by atomic mass is 10.1. The largest absolute Gasteiger partial charge is 0.497 e. The number of amides is 2. The molecule has 0 aliphatic heterocycles. The van der Waals surface area contributed by atoms with Gasteiger partial charge in [-0.2, -0.15) is 13.2 Å². The van der Waals surface area contributed by atoms with Gasteiger partial charge in [-0.15, -0.1) is 11.3 Å². The van der Waals surface area contributed by atoms with E-state index in [0.717, 1.165) is 0 Å². The Morgan fingerprint density at radius 2 is 1.97 bits per heavy atom. The third-order valence-electron chi connectivity index (χ3n) is 5.01. The molecule has 170 valence electrons. The van der Waals surface area contributed by atoms with Gasteiger partial charge in [-0.3, -0.25) is 9.59 Å². The van der Waals surface area contributed by atoms with Gasteiger partial charge in [-0.25, -0.2) is 0 Å². The molecule has 1 unspecified atom stereocenters. The van der Waals surface area contributed by atoms with Gasteiger partial charge in [0.15, 0.2) is 0 Å². The zero-order chi connectivity index (χ0) is 23.4. The van der Waals surface area contributed by atoms with Gasteiger partial charge in [-0.1, -0.05) is 12.0 Å². The molecule has 2 aromatic rings. The minimum atomic E-state index is -4.54. The molecule has 1 aliphatic rings. The number of alkyl halides is 3. The van der Waals surface area contributed by atoms with E-state index in [1.54, 1.807) is 35.7 Å². The summed E-state index contributed by atoms with van der Waals surface area (Å²) in [7, 11) is 3.02. The Bertz CT molecular complexity index is 1040. The number of methoxy groups -OCH3 is 2. The zero-order valence-corrected chi connectivity index (χ0v) is 18.2. The van der Waals surface area contributed by atoms with Crippen molar-refractivity contribution in [2.24, 2.45) is 0 Å². The lowest BCUT2D eigenvalue weighted by molar-refractivity contribution is -0.169. The number of ether oxygens (including phenoxy) is 2. The second kappa shape index (κ2) is 9.53. The summed E-state index contributed by atoms with van der Waals surface area (Å²) in [5.41, 5.74) is -1.51. The second-order valence-corrected chi connectivity index (χ2v) is 8.13. The molecule has 0 bridgehead atoms. The van der Waals surface area contributed by atoms with Crippen molar-refractivity contribution in [3.8, 4) is 23.3 Å². The molecule has 0 saturated heterocycles. The molecule has 1 aromatic carbocycles. The summed E-state index contributed by atoms with van der Waals surface area (Å²) >= 11 is 1.26. The van der Waals surface area contributed by atoms with Crippen LogP contribution in [0.15, 0.2) is 35.7 Å². The van der Waals surface area contributed by atoms with Crippen molar-refractivity contribution in [3.63, 3.8) is 0 Å². The highest BCUT2D eigenvalue weighted by molar-refractivity contribution is 7.10. The maximum absolute atomic E-state index is 13.0. The number of hydrogen-bond donors (Lipinski definition) is 2. The van der Waals surface area contributed by atoms with Gasteiger partial charge in [0.25, 0.3) is 5.91 Å². The Morgan fingerprint density at radius 1 is 1.22 bits per heavy atom. The van der Waals surface area contributed by atoms with Crippen LogP contribution in [0.4, 0.5) is 13.2 Å². The van der Waals surface area contributed by atoms with Crippen LogP contribution in [-0.4, -0.2) is 37.7 Å². The molecule has 2 amide bonds. The first kappa shape index (κ1) is 23.5. The molecule has 0 spiro atoms. The second-order valence-electron chi connectivity index (χ2n) is 7.15. The van der Waals surface area contributed by atoms with Crippen molar-refractivity contribution in [3.05, 3.63) is 46.2 Å². The predicted octanol–water partition coefficient (Wildman–Crippen LogP) is 3.38. The normalized spacial score (nSPS) is 15.0. The monoisotopic (exact) mass is 466 g/mol. The van der Waals surface area contributed by atoms with E-state index < -0.39 is 29.4 Å². The first-order valence-electron chi connectivity index (χ1n) is 9.61. The Kier molecular flexibility index (Phi) is 6.99. The molecule has 2 N–H and O–H groups in total. The van der Waals surface area contributed by atoms with E-state index >= 15 is 0 Å². The third kappa shape index (κ3) is 5.34. The summed E-state index contributed by atoms with van der Waals surface area (Å²) in [5.74, 6) is 3.24. The van der Waals surface area contributed by atoms with Gasteiger partial charge in [0, 0.05) is 23.1 Å². The van der Waals surface area contributed by atoms with Crippen molar-refractivity contribution in [1.82, 2.24) is 10.6 Å². The van der Waals surface area contributed by atoms with Gasteiger partial charge in [0.05, 0.1) is 14.2 Å². The van der Waals surface area contributed by atoms with Crippen LogP contribution in [0.3, 0.4) is 0 Å². The van der Waals surface area contributed by atoms with Gasteiger partial charge in [-0.05, 0) is 42.3 Å². The Morgan fingerprint density at radius 3 is 2.53 bits per heavy atom. The van der Waals surface area contributed by atoms with Gasteiger partial charge in [0.2, 0.25) is 5.91 Å². The zero-order valence-electron chi connectivity index (χ0n) is 17.3. The van der Waals surface area contributed by atoms with E-state index in [1.165, 1.54) is 25.6 Å². The fraction of sp³-hybridized carbons (Fsp3) is 0.364. The molecule has 1 aromatic heterocycles. The molecule has 1 aliphatic carbocycles. The average Bonchev–Trinajstić information content (AvgIpc) is 3.36. The number of carbonyl (C=O) groups is 2. The van der Waals surface area contributed by atoms with Crippen LogP contribution in [0, 0.1) is 11.8 Å². The molecular formula is C22H21F3N2O4S. The first-order chi connectivity index (χ1) is 15.2. The van der Waals surface area contributed by atoms with Crippen LogP contribution in [-0.2, 0) is 16.1 Å². The lowest BCUT2D eigenvalue weighted by Crippen LogP contribution is -2.47. The van der Waals surface area contributed by atoms with Crippen LogP contribution in [0.25, 0.3) is 0 Å². The first-order valence-corrected chi connectivity index (χ1v) is 10.5. The van der Waals surface area contributed by atoms with Crippen molar-refractivity contribution in [1.29, 1.82) is 0 Å².